The van der Waals surface area contributed by atoms with Crippen molar-refractivity contribution in [1.29, 1.82) is 0 Å². The molecular weight excluding hydrogens is 152 g/mol. The Hall–Kier alpha value is -0.730. The lowest BCUT2D eigenvalue weighted by Crippen LogP contribution is -2.48. The second kappa shape index (κ2) is 3.33. The van der Waals surface area contributed by atoms with Crippen LogP contribution in [0.15, 0.2) is 0 Å². The maximum absolute atomic E-state index is 11.2. The Balaban J connectivity index is 2.23. The molecule has 70 valence electrons. The van der Waals surface area contributed by atoms with E-state index in [0.29, 0.717) is 6.04 Å². The number of amides is 2. The maximum atomic E-state index is 11.2. The average molecular weight is 170 g/mol. The van der Waals surface area contributed by atoms with Crippen LogP contribution in [-0.2, 0) is 0 Å². The van der Waals surface area contributed by atoms with E-state index >= 15 is 0 Å². The summed E-state index contributed by atoms with van der Waals surface area (Å²) in [6.07, 6.45) is 3.23. The molecule has 0 aromatic heterocycles. The topological polar surface area (TPSA) is 41.1 Å². The van der Waals surface area contributed by atoms with Gasteiger partial charge in [0.05, 0.1) is 0 Å². The summed E-state index contributed by atoms with van der Waals surface area (Å²) >= 11 is 0. The Morgan fingerprint density at radius 2 is 2.08 bits per heavy atom. The summed E-state index contributed by atoms with van der Waals surface area (Å²) in [6.45, 7) is 6.12. The van der Waals surface area contributed by atoms with Crippen LogP contribution in [0.5, 0.6) is 0 Å². The monoisotopic (exact) mass is 170 g/mol. The number of rotatable bonds is 3. The van der Waals surface area contributed by atoms with Crippen molar-refractivity contribution in [2.24, 2.45) is 0 Å². The third-order valence-corrected chi connectivity index (χ3v) is 2.25. The smallest absolute Gasteiger partial charge is 0.315 e. The molecule has 3 nitrogen and oxygen atoms in total. The summed E-state index contributed by atoms with van der Waals surface area (Å²) in [7, 11) is 0. The van der Waals surface area contributed by atoms with Crippen LogP contribution in [0.3, 0.4) is 0 Å². The van der Waals surface area contributed by atoms with E-state index in [4.69, 9.17) is 0 Å². The second-order valence-electron chi connectivity index (χ2n) is 4.11. The highest BCUT2D eigenvalue weighted by Gasteiger charge is 2.25. The van der Waals surface area contributed by atoms with Gasteiger partial charge in [-0.25, -0.2) is 4.79 Å². The first kappa shape index (κ1) is 9.36. The van der Waals surface area contributed by atoms with Gasteiger partial charge in [-0.3, -0.25) is 0 Å². The molecule has 0 heterocycles. The molecule has 1 aliphatic rings. The van der Waals surface area contributed by atoms with Crippen LogP contribution in [0.2, 0.25) is 0 Å². The normalized spacial score (nSPS) is 17.2. The number of hydrogen-bond donors (Lipinski definition) is 2. The molecule has 0 bridgehead atoms. The molecular formula is C9H18N2O. The molecule has 1 aliphatic carbocycles. The first-order valence-electron chi connectivity index (χ1n) is 4.62. The van der Waals surface area contributed by atoms with Crippen LogP contribution >= 0.6 is 0 Å². The summed E-state index contributed by atoms with van der Waals surface area (Å²) in [6, 6.07) is 0.419. The molecule has 0 aromatic carbocycles. The largest absolute Gasteiger partial charge is 0.335 e. The van der Waals surface area contributed by atoms with Crippen molar-refractivity contribution < 1.29 is 4.79 Å². The zero-order valence-electron chi connectivity index (χ0n) is 8.11. The Kier molecular flexibility index (Phi) is 2.60. The molecule has 0 saturated heterocycles. The second-order valence-corrected chi connectivity index (χ2v) is 4.11. The first-order chi connectivity index (χ1) is 5.53. The Bertz CT molecular complexity index is 173. The highest BCUT2D eigenvalue weighted by Crippen LogP contribution is 2.18. The van der Waals surface area contributed by atoms with Crippen LogP contribution in [0, 0.1) is 0 Å². The maximum Gasteiger partial charge on any atom is 0.315 e. The standard InChI is InChI=1S/C9H18N2O/c1-4-9(2,3)11-8(12)10-7-5-6-7/h7H,4-6H2,1-3H3,(H2,10,11,12). The van der Waals surface area contributed by atoms with Gasteiger partial charge < -0.3 is 10.6 Å². The van der Waals surface area contributed by atoms with Gasteiger partial charge in [-0.1, -0.05) is 6.92 Å². The molecule has 2 N–H and O–H groups in total. The first-order valence-corrected chi connectivity index (χ1v) is 4.62. The van der Waals surface area contributed by atoms with Gasteiger partial charge in [-0.05, 0) is 33.1 Å². The van der Waals surface area contributed by atoms with E-state index < -0.39 is 0 Å². The number of urea groups is 1. The van der Waals surface area contributed by atoms with Gasteiger partial charge in [0.1, 0.15) is 0 Å². The van der Waals surface area contributed by atoms with Crippen molar-refractivity contribution in [1.82, 2.24) is 10.6 Å². The fraction of sp³-hybridized carbons (Fsp3) is 0.889. The fourth-order valence-corrected chi connectivity index (χ4v) is 0.845. The summed E-state index contributed by atoms with van der Waals surface area (Å²) < 4.78 is 0. The van der Waals surface area contributed by atoms with Crippen LogP contribution in [0.1, 0.15) is 40.0 Å². The molecule has 0 aromatic rings. The van der Waals surface area contributed by atoms with Gasteiger partial charge in [0, 0.05) is 11.6 Å². The quantitative estimate of drug-likeness (QED) is 0.664. The van der Waals surface area contributed by atoms with Crippen molar-refractivity contribution in [3.8, 4) is 0 Å². The van der Waals surface area contributed by atoms with E-state index in [2.05, 4.69) is 17.6 Å². The highest BCUT2D eigenvalue weighted by molar-refractivity contribution is 5.75. The minimum absolute atomic E-state index is 0.0237. The summed E-state index contributed by atoms with van der Waals surface area (Å²) in [5, 5.41) is 5.82. The van der Waals surface area contributed by atoms with Crippen molar-refractivity contribution >= 4 is 6.03 Å². The zero-order chi connectivity index (χ0) is 9.19. The van der Waals surface area contributed by atoms with Crippen LogP contribution in [0.4, 0.5) is 4.79 Å². The van der Waals surface area contributed by atoms with E-state index in [1.807, 2.05) is 13.8 Å². The highest BCUT2D eigenvalue weighted by atomic mass is 16.2. The third kappa shape index (κ3) is 3.11. The summed E-state index contributed by atoms with van der Waals surface area (Å²) in [4.78, 5) is 11.2. The van der Waals surface area contributed by atoms with Crippen LogP contribution in [0.25, 0.3) is 0 Å². The van der Waals surface area contributed by atoms with E-state index in [0.717, 1.165) is 19.3 Å². The van der Waals surface area contributed by atoms with E-state index in [1.54, 1.807) is 0 Å². The Morgan fingerprint density at radius 1 is 1.50 bits per heavy atom. The van der Waals surface area contributed by atoms with Crippen molar-refractivity contribution in [3.63, 3.8) is 0 Å². The lowest BCUT2D eigenvalue weighted by molar-refractivity contribution is 0.228. The molecule has 12 heavy (non-hydrogen) atoms. The predicted molar refractivity (Wildman–Crippen MR) is 49.1 cm³/mol. The summed E-state index contributed by atoms with van der Waals surface area (Å²) in [5.74, 6) is 0. The molecule has 3 heteroatoms. The molecule has 0 atom stereocenters. The SMILES string of the molecule is CCC(C)(C)NC(=O)NC1CC1. The van der Waals surface area contributed by atoms with Crippen molar-refractivity contribution in [2.75, 3.05) is 0 Å². The van der Waals surface area contributed by atoms with E-state index in [-0.39, 0.29) is 11.6 Å². The fourth-order valence-electron chi connectivity index (χ4n) is 0.845. The molecule has 1 saturated carbocycles. The van der Waals surface area contributed by atoms with Crippen molar-refractivity contribution in [3.05, 3.63) is 0 Å². The zero-order valence-corrected chi connectivity index (χ0v) is 8.11. The molecule has 2 amide bonds. The van der Waals surface area contributed by atoms with Gasteiger partial charge in [-0.2, -0.15) is 0 Å². The number of nitrogens with one attached hydrogen (secondary N) is 2. The Labute approximate surface area is 73.9 Å². The molecule has 0 aliphatic heterocycles. The molecule has 0 unspecified atom stereocenters. The van der Waals surface area contributed by atoms with Crippen molar-refractivity contribution in [2.45, 2.75) is 51.6 Å². The van der Waals surface area contributed by atoms with Gasteiger partial charge in [0.15, 0.2) is 0 Å². The minimum atomic E-state index is -0.0844. The van der Waals surface area contributed by atoms with Gasteiger partial charge in [-0.15, -0.1) is 0 Å². The Morgan fingerprint density at radius 3 is 2.50 bits per heavy atom. The molecule has 1 fully saturated rings. The van der Waals surface area contributed by atoms with E-state index in [9.17, 15) is 4.79 Å². The molecule has 0 spiro atoms. The summed E-state index contributed by atoms with van der Waals surface area (Å²) in [5.41, 5.74) is -0.0844. The van der Waals surface area contributed by atoms with Gasteiger partial charge >= 0.3 is 6.03 Å². The van der Waals surface area contributed by atoms with Gasteiger partial charge in [0.25, 0.3) is 0 Å². The van der Waals surface area contributed by atoms with Crippen LogP contribution < -0.4 is 10.6 Å². The average Bonchev–Trinajstić information content (AvgIpc) is 2.70. The van der Waals surface area contributed by atoms with Crippen LogP contribution in [-0.4, -0.2) is 17.6 Å². The van der Waals surface area contributed by atoms with E-state index in [1.165, 1.54) is 0 Å². The number of carbonyl (C=O) groups is 1. The molecule has 0 radical (unpaired) electrons. The number of hydrogen-bond acceptors (Lipinski definition) is 1. The predicted octanol–water partition coefficient (Wildman–Crippen LogP) is 1.64. The lowest BCUT2D eigenvalue weighted by atomic mass is 10.0. The molecule has 1 rings (SSSR count). The minimum Gasteiger partial charge on any atom is -0.335 e. The third-order valence-electron chi connectivity index (χ3n) is 2.25. The number of carbonyl (C=O) groups excluding carboxylic acids is 1. The van der Waals surface area contributed by atoms with Gasteiger partial charge in [0.2, 0.25) is 0 Å². The lowest BCUT2D eigenvalue weighted by Gasteiger charge is -2.24.